The first-order valence-electron chi connectivity index (χ1n) is 12.0. The molecule has 0 radical (unpaired) electrons. The first-order valence-corrected chi connectivity index (χ1v) is 12.0. The van der Waals surface area contributed by atoms with Gasteiger partial charge >= 0.3 is 5.97 Å². The number of carbonyl (C=O) groups is 1. The van der Waals surface area contributed by atoms with E-state index in [2.05, 4.69) is 30.7 Å². The summed E-state index contributed by atoms with van der Waals surface area (Å²) < 4.78 is 11.0. The summed E-state index contributed by atoms with van der Waals surface area (Å²) in [6.07, 6.45) is 1.60. The number of rotatable bonds is 8. The van der Waals surface area contributed by atoms with Crippen molar-refractivity contribution in [2.75, 3.05) is 17.2 Å². The molecule has 3 N–H and O–H groups in total. The number of aliphatic hydroxyl groups is 1. The number of hydrogen-bond donors (Lipinski definition) is 3. The van der Waals surface area contributed by atoms with Crippen molar-refractivity contribution in [1.29, 1.82) is 0 Å². The molecule has 2 aromatic heterocycles. The number of nitrogens with zero attached hydrogens (tertiary/aromatic N) is 4. The number of anilines is 3. The molecule has 190 valence electrons. The molecule has 0 spiro atoms. The molecule has 0 fully saturated rings. The molecular formula is C27H28N6O4. The van der Waals surface area contributed by atoms with Crippen LogP contribution in [0.2, 0.25) is 0 Å². The van der Waals surface area contributed by atoms with Crippen LogP contribution in [0.5, 0.6) is 0 Å². The number of cyclic esters (lactones) is 1. The van der Waals surface area contributed by atoms with Crippen molar-refractivity contribution in [3.63, 3.8) is 0 Å². The molecule has 0 amide bonds. The van der Waals surface area contributed by atoms with Gasteiger partial charge < -0.3 is 25.0 Å². The van der Waals surface area contributed by atoms with Crippen LogP contribution < -0.4 is 10.6 Å². The lowest BCUT2D eigenvalue weighted by Gasteiger charge is -2.20. The summed E-state index contributed by atoms with van der Waals surface area (Å²) in [6.45, 7) is 7.49. The molecule has 3 heterocycles. The highest BCUT2D eigenvalue weighted by Crippen LogP contribution is 2.38. The summed E-state index contributed by atoms with van der Waals surface area (Å²) in [5.41, 5.74) is 2.70. The number of fused-ring (bicyclic) bond motifs is 1. The van der Waals surface area contributed by atoms with Gasteiger partial charge in [0.15, 0.2) is 5.82 Å². The van der Waals surface area contributed by atoms with Crippen molar-refractivity contribution >= 4 is 23.4 Å². The van der Waals surface area contributed by atoms with E-state index >= 15 is 0 Å². The molecule has 4 aromatic rings. The Kier molecular flexibility index (Phi) is 6.34. The van der Waals surface area contributed by atoms with Crippen LogP contribution in [0.25, 0.3) is 11.5 Å². The molecule has 2 aromatic carbocycles. The molecule has 0 aliphatic carbocycles. The Morgan fingerprint density at radius 3 is 2.54 bits per heavy atom. The number of aromatic nitrogens is 4. The normalized spacial score (nSPS) is 14.8. The van der Waals surface area contributed by atoms with E-state index in [0.717, 1.165) is 11.1 Å². The van der Waals surface area contributed by atoms with E-state index in [1.54, 1.807) is 18.3 Å². The van der Waals surface area contributed by atoms with Crippen LogP contribution in [0, 0.1) is 0 Å². The van der Waals surface area contributed by atoms with E-state index < -0.39 is 11.6 Å². The summed E-state index contributed by atoms with van der Waals surface area (Å²) in [7, 11) is 0. The Morgan fingerprint density at radius 2 is 1.84 bits per heavy atom. The standard InChI is InChI=1S/C27H28N6O4/c1-15(2)22-31-24(37-33-22)19-13-28-26(32-23(19)30-21(14-34)16-8-6-5-7-9-16)29-17-10-11-18-20(12-17)27(3,4)36-25(18)35/h5-13,15,21,34H,14H2,1-4H3,(H2,28,29,30,32). The third kappa shape index (κ3) is 4.88. The maximum Gasteiger partial charge on any atom is 0.339 e. The molecular weight excluding hydrogens is 472 g/mol. The maximum atomic E-state index is 12.1. The number of benzene rings is 2. The van der Waals surface area contributed by atoms with E-state index in [1.165, 1.54) is 0 Å². The van der Waals surface area contributed by atoms with E-state index in [4.69, 9.17) is 9.26 Å². The van der Waals surface area contributed by atoms with Gasteiger partial charge in [-0.05, 0) is 37.6 Å². The van der Waals surface area contributed by atoms with Crippen LogP contribution in [-0.4, -0.2) is 37.8 Å². The molecule has 10 nitrogen and oxygen atoms in total. The summed E-state index contributed by atoms with van der Waals surface area (Å²) in [4.78, 5) is 25.8. The van der Waals surface area contributed by atoms with Gasteiger partial charge in [-0.25, -0.2) is 9.78 Å². The van der Waals surface area contributed by atoms with Gasteiger partial charge in [-0.2, -0.15) is 9.97 Å². The van der Waals surface area contributed by atoms with Crippen LogP contribution in [0.4, 0.5) is 17.5 Å². The molecule has 0 saturated heterocycles. The number of aliphatic hydroxyl groups excluding tert-OH is 1. The Balaban J connectivity index is 1.51. The van der Waals surface area contributed by atoms with Crippen molar-refractivity contribution in [2.45, 2.75) is 45.3 Å². The van der Waals surface area contributed by atoms with Crippen LogP contribution in [0.3, 0.4) is 0 Å². The monoisotopic (exact) mass is 500 g/mol. The van der Waals surface area contributed by atoms with E-state index in [1.807, 2.05) is 64.1 Å². The predicted octanol–water partition coefficient (Wildman–Crippen LogP) is 4.94. The zero-order chi connectivity index (χ0) is 26.2. The summed E-state index contributed by atoms with van der Waals surface area (Å²) in [6, 6.07) is 14.5. The van der Waals surface area contributed by atoms with Gasteiger partial charge in [0.25, 0.3) is 5.89 Å². The fourth-order valence-corrected chi connectivity index (χ4v) is 4.14. The van der Waals surface area contributed by atoms with Crippen molar-refractivity contribution in [3.05, 3.63) is 77.2 Å². The predicted molar refractivity (Wildman–Crippen MR) is 137 cm³/mol. The molecule has 5 rings (SSSR count). The fraction of sp³-hybridized carbons (Fsp3) is 0.296. The molecule has 0 saturated carbocycles. The van der Waals surface area contributed by atoms with Crippen molar-refractivity contribution in [2.24, 2.45) is 0 Å². The van der Waals surface area contributed by atoms with Gasteiger partial charge in [-0.15, -0.1) is 0 Å². The lowest BCUT2D eigenvalue weighted by Crippen LogP contribution is -2.17. The Morgan fingerprint density at radius 1 is 1.05 bits per heavy atom. The van der Waals surface area contributed by atoms with Crippen molar-refractivity contribution < 1.29 is 19.2 Å². The van der Waals surface area contributed by atoms with Gasteiger partial charge in [0, 0.05) is 23.4 Å². The number of ether oxygens (including phenoxy) is 1. The number of carbonyl (C=O) groups excluding carboxylic acids is 1. The van der Waals surface area contributed by atoms with Gasteiger partial charge in [0.1, 0.15) is 17.0 Å². The highest BCUT2D eigenvalue weighted by atomic mass is 16.6. The van der Waals surface area contributed by atoms with E-state index in [-0.39, 0.29) is 24.4 Å². The third-order valence-electron chi connectivity index (χ3n) is 6.16. The third-order valence-corrected chi connectivity index (χ3v) is 6.16. The van der Waals surface area contributed by atoms with Gasteiger partial charge in [-0.3, -0.25) is 0 Å². The fourth-order valence-electron chi connectivity index (χ4n) is 4.14. The second-order valence-electron chi connectivity index (χ2n) is 9.64. The molecule has 0 bridgehead atoms. The minimum atomic E-state index is -0.725. The van der Waals surface area contributed by atoms with E-state index in [0.29, 0.717) is 34.4 Å². The van der Waals surface area contributed by atoms with Gasteiger partial charge in [0.2, 0.25) is 5.95 Å². The Hall–Kier alpha value is -4.31. The summed E-state index contributed by atoms with van der Waals surface area (Å²) in [5.74, 6) is 1.32. The average molecular weight is 501 g/mol. The largest absolute Gasteiger partial charge is 0.451 e. The van der Waals surface area contributed by atoms with Crippen LogP contribution in [-0.2, 0) is 10.3 Å². The molecule has 1 aliphatic rings. The molecule has 1 aliphatic heterocycles. The first kappa shape index (κ1) is 24.4. The topological polar surface area (TPSA) is 135 Å². The number of hydrogen-bond acceptors (Lipinski definition) is 10. The summed E-state index contributed by atoms with van der Waals surface area (Å²) >= 11 is 0. The summed E-state index contributed by atoms with van der Waals surface area (Å²) in [5, 5.41) is 20.7. The smallest absolute Gasteiger partial charge is 0.339 e. The van der Waals surface area contributed by atoms with E-state index in [9.17, 15) is 9.90 Å². The van der Waals surface area contributed by atoms with Crippen LogP contribution >= 0.6 is 0 Å². The SMILES string of the molecule is CC(C)c1noc(-c2cnc(Nc3ccc4c(c3)C(C)(C)OC4=O)nc2NC(CO)c2ccccc2)n1. The van der Waals surface area contributed by atoms with Crippen LogP contribution in [0.15, 0.2) is 59.3 Å². The lowest BCUT2D eigenvalue weighted by molar-refractivity contribution is 0.00954. The zero-order valence-electron chi connectivity index (χ0n) is 21.0. The maximum absolute atomic E-state index is 12.1. The molecule has 1 unspecified atom stereocenters. The van der Waals surface area contributed by atoms with Gasteiger partial charge in [-0.1, -0.05) is 49.3 Å². The zero-order valence-corrected chi connectivity index (χ0v) is 21.0. The number of esters is 1. The molecule has 37 heavy (non-hydrogen) atoms. The minimum absolute atomic E-state index is 0.0881. The molecule has 10 heteroatoms. The Bertz CT molecular complexity index is 1430. The first-order chi connectivity index (χ1) is 17.7. The average Bonchev–Trinajstić information content (AvgIpc) is 3.46. The Labute approximate surface area is 214 Å². The van der Waals surface area contributed by atoms with Crippen LogP contribution in [0.1, 0.15) is 67.0 Å². The second kappa shape index (κ2) is 9.62. The second-order valence-corrected chi connectivity index (χ2v) is 9.64. The quantitative estimate of drug-likeness (QED) is 0.285. The number of nitrogens with one attached hydrogen (secondary N) is 2. The van der Waals surface area contributed by atoms with Crippen molar-refractivity contribution in [1.82, 2.24) is 20.1 Å². The van der Waals surface area contributed by atoms with Crippen molar-refractivity contribution in [3.8, 4) is 11.5 Å². The molecule has 1 atom stereocenters. The lowest BCUT2D eigenvalue weighted by atomic mass is 9.95. The highest BCUT2D eigenvalue weighted by molar-refractivity contribution is 5.95. The minimum Gasteiger partial charge on any atom is -0.451 e. The van der Waals surface area contributed by atoms with Gasteiger partial charge in [0.05, 0.1) is 18.2 Å². The highest BCUT2D eigenvalue weighted by Gasteiger charge is 2.37.